The monoisotopic (exact) mass is 181 g/mol. The van der Waals surface area contributed by atoms with Crippen LogP contribution in [0.1, 0.15) is 31.0 Å². The van der Waals surface area contributed by atoms with Crippen molar-refractivity contribution >= 4 is 5.97 Å². The van der Waals surface area contributed by atoms with Crippen LogP contribution in [0.5, 0.6) is 0 Å². The standard InChI is InChI=1S/C8H11N3O2/c12-7(13)3-4-11-5-9-10-8(11)6-1-2-6/h5-6H,1-4H2,(H,12,13). The Kier molecular flexibility index (Phi) is 2.00. The van der Waals surface area contributed by atoms with Gasteiger partial charge in [-0.25, -0.2) is 0 Å². The highest BCUT2D eigenvalue weighted by atomic mass is 16.4. The van der Waals surface area contributed by atoms with E-state index in [9.17, 15) is 4.79 Å². The van der Waals surface area contributed by atoms with Crippen molar-refractivity contribution in [1.82, 2.24) is 14.8 Å². The number of nitrogens with zero attached hydrogens (tertiary/aromatic N) is 3. The molecule has 1 aromatic heterocycles. The molecule has 1 saturated carbocycles. The first-order valence-electron chi connectivity index (χ1n) is 4.37. The molecule has 0 aromatic carbocycles. The van der Waals surface area contributed by atoms with E-state index in [1.807, 2.05) is 4.57 Å². The predicted molar refractivity (Wildman–Crippen MR) is 44.2 cm³/mol. The quantitative estimate of drug-likeness (QED) is 0.739. The second-order valence-corrected chi connectivity index (χ2v) is 3.30. The zero-order chi connectivity index (χ0) is 9.26. The third-order valence-corrected chi connectivity index (χ3v) is 2.15. The summed E-state index contributed by atoms with van der Waals surface area (Å²) < 4.78 is 1.84. The lowest BCUT2D eigenvalue weighted by Gasteiger charge is -2.02. The third-order valence-electron chi connectivity index (χ3n) is 2.15. The molecule has 1 N–H and O–H groups in total. The Morgan fingerprint density at radius 2 is 2.46 bits per heavy atom. The van der Waals surface area contributed by atoms with Crippen molar-refractivity contribution in [3.05, 3.63) is 12.2 Å². The zero-order valence-electron chi connectivity index (χ0n) is 7.18. The Morgan fingerprint density at radius 3 is 3.08 bits per heavy atom. The molecule has 13 heavy (non-hydrogen) atoms. The van der Waals surface area contributed by atoms with Gasteiger partial charge in [0.15, 0.2) is 0 Å². The first kappa shape index (κ1) is 8.22. The van der Waals surface area contributed by atoms with Gasteiger partial charge in [0.2, 0.25) is 0 Å². The van der Waals surface area contributed by atoms with Crippen LogP contribution in [0, 0.1) is 0 Å². The fourth-order valence-electron chi connectivity index (χ4n) is 1.31. The van der Waals surface area contributed by atoms with Gasteiger partial charge in [-0.05, 0) is 12.8 Å². The van der Waals surface area contributed by atoms with Gasteiger partial charge in [-0.2, -0.15) is 0 Å². The highest BCUT2D eigenvalue weighted by Crippen LogP contribution is 2.38. The Labute approximate surface area is 75.4 Å². The van der Waals surface area contributed by atoms with Crippen molar-refractivity contribution in [2.75, 3.05) is 0 Å². The van der Waals surface area contributed by atoms with Gasteiger partial charge >= 0.3 is 5.97 Å². The molecule has 0 atom stereocenters. The van der Waals surface area contributed by atoms with Crippen molar-refractivity contribution in [2.24, 2.45) is 0 Å². The molecule has 1 heterocycles. The van der Waals surface area contributed by atoms with Crippen LogP contribution in [0.15, 0.2) is 6.33 Å². The summed E-state index contributed by atoms with van der Waals surface area (Å²) in [5.74, 6) is 0.688. The van der Waals surface area contributed by atoms with Gasteiger partial charge < -0.3 is 9.67 Å². The van der Waals surface area contributed by atoms with Crippen LogP contribution in [0.2, 0.25) is 0 Å². The zero-order valence-corrected chi connectivity index (χ0v) is 7.18. The predicted octanol–water partition coefficient (Wildman–Crippen LogP) is 0.630. The van der Waals surface area contributed by atoms with Crippen LogP contribution in [-0.2, 0) is 11.3 Å². The maximum Gasteiger partial charge on any atom is 0.305 e. The highest BCUT2D eigenvalue weighted by Gasteiger charge is 2.28. The number of carbonyl (C=O) groups is 1. The van der Waals surface area contributed by atoms with Crippen LogP contribution >= 0.6 is 0 Å². The van der Waals surface area contributed by atoms with Crippen molar-refractivity contribution in [1.29, 1.82) is 0 Å². The minimum atomic E-state index is -0.782. The summed E-state index contributed by atoms with van der Waals surface area (Å²) in [5, 5.41) is 16.3. The van der Waals surface area contributed by atoms with Gasteiger partial charge in [0.05, 0.1) is 6.42 Å². The molecule has 1 fully saturated rings. The lowest BCUT2D eigenvalue weighted by molar-refractivity contribution is -0.137. The third kappa shape index (κ3) is 1.85. The number of aromatic nitrogens is 3. The molecule has 0 amide bonds. The first-order chi connectivity index (χ1) is 6.27. The summed E-state index contributed by atoms with van der Waals surface area (Å²) in [6.07, 6.45) is 4.06. The van der Waals surface area contributed by atoms with E-state index in [2.05, 4.69) is 10.2 Å². The van der Waals surface area contributed by atoms with Crippen LogP contribution in [0.4, 0.5) is 0 Å². The van der Waals surface area contributed by atoms with Crippen LogP contribution < -0.4 is 0 Å². The van der Waals surface area contributed by atoms with E-state index in [0.29, 0.717) is 12.5 Å². The molecular weight excluding hydrogens is 170 g/mol. The molecule has 1 aliphatic rings. The number of carboxylic acids is 1. The first-order valence-corrected chi connectivity index (χ1v) is 4.37. The van der Waals surface area contributed by atoms with E-state index < -0.39 is 5.97 Å². The average Bonchev–Trinajstić information content (AvgIpc) is 2.82. The summed E-state index contributed by atoms with van der Waals surface area (Å²) in [6, 6.07) is 0. The highest BCUT2D eigenvalue weighted by molar-refractivity contribution is 5.66. The smallest absolute Gasteiger partial charge is 0.305 e. The molecule has 0 unspecified atom stereocenters. The number of rotatable bonds is 4. The Balaban J connectivity index is 2.02. The summed E-state index contributed by atoms with van der Waals surface area (Å²) >= 11 is 0. The van der Waals surface area contributed by atoms with Crippen molar-refractivity contribution in [3.8, 4) is 0 Å². The van der Waals surface area contributed by atoms with E-state index in [0.717, 1.165) is 18.7 Å². The van der Waals surface area contributed by atoms with E-state index in [1.165, 1.54) is 0 Å². The van der Waals surface area contributed by atoms with Crippen molar-refractivity contribution < 1.29 is 9.90 Å². The largest absolute Gasteiger partial charge is 0.481 e. The minimum Gasteiger partial charge on any atom is -0.481 e. The molecule has 0 spiro atoms. The lowest BCUT2D eigenvalue weighted by atomic mass is 10.3. The molecule has 1 aromatic rings. The van der Waals surface area contributed by atoms with Gasteiger partial charge in [0.25, 0.3) is 0 Å². The number of hydrogen-bond donors (Lipinski definition) is 1. The van der Waals surface area contributed by atoms with E-state index in [4.69, 9.17) is 5.11 Å². The molecule has 5 heteroatoms. The summed E-state index contributed by atoms with van der Waals surface area (Å²) in [6.45, 7) is 0.480. The van der Waals surface area contributed by atoms with Crippen molar-refractivity contribution in [3.63, 3.8) is 0 Å². The minimum absolute atomic E-state index is 0.137. The maximum atomic E-state index is 10.3. The molecule has 2 rings (SSSR count). The van der Waals surface area contributed by atoms with Gasteiger partial charge in [0.1, 0.15) is 12.2 Å². The fourth-order valence-corrected chi connectivity index (χ4v) is 1.31. The molecule has 0 bridgehead atoms. The Morgan fingerprint density at radius 1 is 1.69 bits per heavy atom. The molecular formula is C8H11N3O2. The van der Waals surface area contributed by atoms with Gasteiger partial charge in [0, 0.05) is 12.5 Å². The van der Waals surface area contributed by atoms with E-state index in [1.54, 1.807) is 6.33 Å². The van der Waals surface area contributed by atoms with Gasteiger partial charge in [-0.1, -0.05) is 0 Å². The number of hydrogen-bond acceptors (Lipinski definition) is 3. The topological polar surface area (TPSA) is 68.0 Å². The molecule has 70 valence electrons. The molecule has 0 aliphatic heterocycles. The van der Waals surface area contributed by atoms with Crippen LogP contribution in [0.25, 0.3) is 0 Å². The normalized spacial score (nSPS) is 16.0. The average molecular weight is 181 g/mol. The summed E-state index contributed by atoms with van der Waals surface area (Å²) in [7, 11) is 0. The van der Waals surface area contributed by atoms with Crippen LogP contribution in [0.3, 0.4) is 0 Å². The SMILES string of the molecule is O=C(O)CCn1cnnc1C1CC1. The molecule has 0 saturated heterocycles. The second kappa shape index (κ2) is 3.16. The molecule has 5 nitrogen and oxygen atoms in total. The van der Waals surface area contributed by atoms with Crippen LogP contribution in [-0.4, -0.2) is 25.8 Å². The Bertz CT molecular complexity index is 317. The summed E-state index contributed by atoms with van der Waals surface area (Å²) in [5.41, 5.74) is 0. The van der Waals surface area contributed by atoms with Crippen molar-refractivity contribution in [2.45, 2.75) is 31.7 Å². The van der Waals surface area contributed by atoms with Gasteiger partial charge in [-0.15, -0.1) is 10.2 Å². The lowest BCUT2D eigenvalue weighted by Crippen LogP contribution is -2.06. The second-order valence-electron chi connectivity index (χ2n) is 3.30. The Hall–Kier alpha value is -1.39. The van der Waals surface area contributed by atoms with Gasteiger partial charge in [-0.3, -0.25) is 4.79 Å². The summed E-state index contributed by atoms with van der Waals surface area (Å²) in [4.78, 5) is 10.3. The maximum absolute atomic E-state index is 10.3. The fraction of sp³-hybridized carbons (Fsp3) is 0.625. The molecule has 1 aliphatic carbocycles. The molecule has 0 radical (unpaired) electrons. The van der Waals surface area contributed by atoms with E-state index >= 15 is 0 Å². The van der Waals surface area contributed by atoms with E-state index in [-0.39, 0.29) is 6.42 Å². The number of aryl methyl sites for hydroxylation is 1. The number of carboxylic acid groups (broad SMARTS) is 1. The number of aliphatic carboxylic acids is 1.